The highest BCUT2D eigenvalue weighted by atomic mass is 32.1. The zero-order chi connectivity index (χ0) is 22.3. The highest BCUT2D eigenvalue weighted by molar-refractivity contribution is 7.14. The lowest BCUT2D eigenvalue weighted by Crippen LogP contribution is -2.37. The Hall–Kier alpha value is -2.71. The zero-order valence-corrected chi connectivity index (χ0v) is 19.0. The third-order valence-corrected chi connectivity index (χ3v) is 6.88. The molecule has 2 aliphatic rings. The van der Waals surface area contributed by atoms with Gasteiger partial charge in [0.1, 0.15) is 0 Å². The number of hydrogen-bond donors (Lipinski definition) is 1. The predicted molar refractivity (Wildman–Crippen MR) is 120 cm³/mol. The van der Waals surface area contributed by atoms with E-state index in [1.807, 2.05) is 50.2 Å². The van der Waals surface area contributed by atoms with Crippen molar-refractivity contribution in [3.05, 3.63) is 56.7 Å². The highest BCUT2D eigenvalue weighted by Gasteiger charge is 2.45. The summed E-state index contributed by atoms with van der Waals surface area (Å²) in [5.74, 6) is -1.35. The van der Waals surface area contributed by atoms with E-state index in [2.05, 4.69) is 4.98 Å². The van der Waals surface area contributed by atoms with E-state index >= 15 is 0 Å². The lowest BCUT2D eigenvalue weighted by Gasteiger charge is -2.29. The third-order valence-electron chi connectivity index (χ3n) is 5.81. The van der Waals surface area contributed by atoms with Crippen molar-refractivity contribution in [1.82, 2.24) is 9.88 Å². The number of ketones is 1. The van der Waals surface area contributed by atoms with Gasteiger partial charge in [0.15, 0.2) is 5.76 Å². The first kappa shape index (κ1) is 21.5. The molecule has 0 aliphatic carbocycles. The first-order chi connectivity index (χ1) is 14.8. The molecule has 8 heteroatoms. The summed E-state index contributed by atoms with van der Waals surface area (Å²) in [6, 6.07) is 7.05. The number of hydrogen-bond acceptors (Lipinski definition) is 7. The highest BCUT2D eigenvalue weighted by Crippen LogP contribution is 2.41. The molecule has 1 saturated heterocycles. The number of benzene rings is 1. The molecule has 1 aromatic heterocycles. The Bertz CT molecular complexity index is 1040. The van der Waals surface area contributed by atoms with Crippen molar-refractivity contribution in [2.24, 2.45) is 0 Å². The number of rotatable bonds is 6. The molecule has 2 unspecified atom stereocenters. The normalized spacial score (nSPS) is 21.3. The molecule has 1 N–H and O–H groups in total. The molecule has 2 aromatic rings. The van der Waals surface area contributed by atoms with Gasteiger partial charge in [0.2, 0.25) is 5.78 Å². The quantitative estimate of drug-likeness (QED) is 0.690. The molecule has 3 heterocycles. The fourth-order valence-electron chi connectivity index (χ4n) is 4.25. The van der Waals surface area contributed by atoms with Gasteiger partial charge in [-0.15, -0.1) is 11.3 Å². The van der Waals surface area contributed by atoms with Crippen molar-refractivity contribution in [3.8, 4) is 0 Å². The van der Waals surface area contributed by atoms with E-state index in [-0.39, 0.29) is 17.5 Å². The van der Waals surface area contributed by atoms with E-state index in [1.165, 1.54) is 11.3 Å². The van der Waals surface area contributed by atoms with Gasteiger partial charge in [-0.1, -0.05) is 12.1 Å². The van der Waals surface area contributed by atoms with Gasteiger partial charge in [0.25, 0.3) is 5.91 Å². The molecule has 0 radical (unpaired) electrons. The van der Waals surface area contributed by atoms with Crippen LogP contribution in [0.15, 0.2) is 35.6 Å². The van der Waals surface area contributed by atoms with Crippen LogP contribution in [-0.4, -0.2) is 60.0 Å². The van der Waals surface area contributed by atoms with Crippen molar-refractivity contribution >= 4 is 28.7 Å². The minimum atomic E-state index is -0.665. The Kier molecular flexibility index (Phi) is 5.85. The SMILES string of the molecule is Cc1nc(C)c(C(=O)C2=C(O)C(=O)N(CC3CCCO3)C2c2ccc(N(C)C)cc2)s1. The molecule has 0 spiro atoms. The second-order valence-electron chi connectivity index (χ2n) is 8.22. The Morgan fingerprint density at radius 1 is 1.29 bits per heavy atom. The van der Waals surface area contributed by atoms with Gasteiger partial charge in [-0.3, -0.25) is 9.59 Å². The van der Waals surface area contributed by atoms with Crippen molar-refractivity contribution in [1.29, 1.82) is 0 Å². The van der Waals surface area contributed by atoms with Crippen molar-refractivity contribution in [3.63, 3.8) is 0 Å². The minimum absolute atomic E-state index is 0.0952. The number of carbonyl (C=O) groups is 2. The van der Waals surface area contributed by atoms with Gasteiger partial charge in [-0.05, 0) is 44.4 Å². The molecule has 0 bridgehead atoms. The molecular weight excluding hydrogens is 414 g/mol. The molecule has 7 nitrogen and oxygen atoms in total. The molecule has 1 amide bonds. The van der Waals surface area contributed by atoms with Gasteiger partial charge < -0.3 is 19.6 Å². The maximum atomic E-state index is 13.5. The third kappa shape index (κ3) is 3.97. The van der Waals surface area contributed by atoms with Gasteiger partial charge in [-0.25, -0.2) is 4.98 Å². The van der Waals surface area contributed by atoms with Crippen LogP contribution in [0.25, 0.3) is 0 Å². The van der Waals surface area contributed by atoms with Crippen LogP contribution in [0.3, 0.4) is 0 Å². The minimum Gasteiger partial charge on any atom is -0.503 e. The number of anilines is 1. The van der Waals surface area contributed by atoms with Crippen LogP contribution in [0.5, 0.6) is 0 Å². The average Bonchev–Trinajstić information content (AvgIpc) is 3.43. The number of carbonyl (C=O) groups excluding carboxylic acids is 2. The summed E-state index contributed by atoms with van der Waals surface area (Å²) in [4.78, 5) is 35.0. The number of aliphatic hydroxyl groups excluding tert-OH is 1. The maximum absolute atomic E-state index is 13.5. The number of aliphatic hydroxyl groups is 1. The molecule has 0 saturated carbocycles. The Balaban J connectivity index is 1.77. The van der Waals surface area contributed by atoms with Crippen molar-refractivity contribution < 1.29 is 19.4 Å². The van der Waals surface area contributed by atoms with E-state index in [4.69, 9.17) is 4.74 Å². The second kappa shape index (κ2) is 8.43. The standard InChI is InChI=1S/C23H27N3O4S/c1-13-22(31-14(2)24-13)20(27)18-19(15-7-9-16(10-8-15)25(3)4)26(23(29)21(18)28)12-17-6-5-11-30-17/h7-10,17,19,28H,5-6,11-12H2,1-4H3. The molecular formula is C23H27N3O4S. The Morgan fingerprint density at radius 2 is 2.00 bits per heavy atom. The Morgan fingerprint density at radius 3 is 2.55 bits per heavy atom. The lowest BCUT2D eigenvalue weighted by atomic mass is 9.94. The summed E-state index contributed by atoms with van der Waals surface area (Å²) in [7, 11) is 3.90. The molecule has 2 atom stereocenters. The fraction of sp³-hybridized carbons (Fsp3) is 0.435. The zero-order valence-electron chi connectivity index (χ0n) is 18.2. The number of aromatic nitrogens is 1. The Labute approximate surface area is 186 Å². The van der Waals surface area contributed by atoms with E-state index in [0.29, 0.717) is 23.7 Å². The van der Waals surface area contributed by atoms with E-state index in [0.717, 1.165) is 29.1 Å². The number of aryl methyl sites for hydroxylation is 2. The molecule has 4 rings (SSSR count). The van der Waals surface area contributed by atoms with Crippen LogP contribution >= 0.6 is 11.3 Å². The average molecular weight is 442 g/mol. The lowest BCUT2D eigenvalue weighted by molar-refractivity contribution is -0.131. The van der Waals surface area contributed by atoms with E-state index in [9.17, 15) is 14.7 Å². The monoisotopic (exact) mass is 441 g/mol. The second-order valence-corrected chi connectivity index (χ2v) is 9.42. The largest absolute Gasteiger partial charge is 0.503 e. The van der Waals surface area contributed by atoms with Crippen LogP contribution in [0.1, 0.15) is 44.8 Å². The number of Topliss-reactive ketones (excluding diaryl/α,β-unsaturated/α-hetero) is 1. The van der Waals surface area contributed by atoms with Gasteiger partial charge in [0.05, 0.1) is 33.3 Å². The molecule has 2 aliphatic heterocycles. The molecule has 1 aromatic carbocycles. The first-order valence-corrected chi connectivity index (χ1v) is 11.2. The summed E-state index contributed by atoms with van der Waals surface area (Å²) >= 11 is 1.28. The molecule has 164 valence electrons. The molecule has 1 fully saturated rings. The summed E-state index contributed by atoms with van der Waals surface area (Å²) in [5.41, 5.74) is 2.52. The summed E-state index contributed by atoms with van der Waals surface area (Å²) in [6.07, 6.45) is 1.70. The number of ether oxygens (including phenoxy) is 1. The maximum Gasteiger partial charge on any atom is 0.290 e. The van der Waals surface area contributed by atoms with E-state index in [1.54, 1.807) is 11.8 Å². The van der Waals surface area contributed by atoms with Crippen molar-refractivity contribution in [2.75, 3.05) is 32.1 Å². The van der Waals surface area contributed by atoms with Crippen LogP contribution in [-0.2, 0) is 9.53 Å². The van der Waals surface area contributed by atoms with Gasteiger partial charge in [-0.2, -0.15) is 0 Å². The van der Waals surface area contributed by atoms with E-state index < -0.39 is 17.7 Å². The van der Waals surface area contributed by atoms with Crippen LogP contribution < -0.4 is 4.90 Å². The predicted octanol–water partition coefficient (Wildman–Crippen LogP) is 3.58. The fourth-order valence-corrected chi connectivity index (χ4v) is 5.12. The van der Waals surface area contributed by atoms with Crippen LogP contribution in [0.2, 0.25) is 0 Å². The topological polar surface area (TPSA) is 83.0 Å². The van der Waals surface area contributed by atoms with Crippen LogP contribution in [0, 0.1) is 13.8 Å². The van der Waals surface area contributed by atoms with Gasteiger partial charge in [0, 0.05) is 32.9 Å². The number of nitrogens with zero attached hydrogens (tertiary/aromatic N) is 3. The summed E-state index contributed by atoms with van der Waals surface area (Å²) in [6.45, 7) is 4.61. The number of thiazole rings is 1. The van der Waals surface area contributed by atoms with Crippen LogP contribution in [0.4, 0.5) is 5.69 Å². The number of amides is 1. The smallest absolute Gasteiger partial charge is 0.290 e. The van der Waals surface area contributed by atoms with Crippen molar-refractivity contribution in [2.45, 2.75) is 38.8 Å². The summed E-state index contributed by atoms with van der Waals surface area (Å²) in [5, 5.41) is 11.6. The summed E-state index contributed by atoms with van der Waals surface area (Å²) < 4.78 is 5.74. The molecule has 31 heavy (non-hydrogen) atoms. The van der Waals surface area contributed by atoms with Gasteiger partial charge >= 0.3 is 0 Å². The first-order valence-electron chi connectivity index (χ1n) is 10.4.